The molecule has 0 unspecified atom stereocenters. The van der Waals surface area contributed by atoms with Crippen molar-refractivity contribution in [3.05, 3.63) is 18.2 Å². The molecule has 0 bridgehead atoms. The number of hydrogen-bond acceptors (Lipinski definition) is 3. The van der Waals surface area contributed by atoms with Gasteiger partial charge in [0.25, 0.3) is 0 Å². The molecule has 1 amide bonds. The van der Waals surface area contributed by atoms with Crippen molar-refractivity contribution < 1.29 is 4.79 Å². The van der Waals surface area contributed by atoms with Crippen LogP contribution in [-0.4, -0.2) is 46.5 Å². The van der Waals surface area contributed by atoms with Gasteiger partial charge in [-0.2, -0.15) is 0 Å². The zero-order chi connectivity index (χ0) is 13.7. The van der Waals surface area contributed by atoms with E-state index in [9.17, 15) is 4.79 Å². The van der Waals surface area contributed by atoms with Crippen LogP contribution >= 0.6 is 0 Å². The number of carbonyl (C=O) groups is 1. The standard InChI is InChI=1S/C14H24N4O/c1-3-17-11-8-16-13(17)4-5-14(19)18-9-6-12(15-2)7-10-18/h8,11-12,15H,3-7,9-10H2,1-2H3. The molecule has 0 aromatic carbocycles. The minimum Gasteiger partial charge on any atom is -0.343 e. The Hall–Kier alpha value is -1.36. The number of carbonyl (C=O) groups excluding carboxylic acids is 1. The molecule has 2 heterocycles. The molecule has 19 heavy (non-hydrogen) atoms. The summed E-state index contributed by atoms with van der Waals surface area (Å²) in [4.78, 5) is 18.5. The van der Waals surface area contributed by atoms with Gasteiger partial charge >= 0.3 is 0 Å². The fourth-order valence-corrected chi connectivity index (χ4v) is 2.65. The van der Waals surface area contributed by atoms with E-state index in [4.69, 9.17) is 0 Å². The van der Waals surface area contributed by atoms with Crippen molar-refractivity contribution in [2.75, 3.05) is 20.1 Å². The van der Waals surface area contributed by atoms with Crippen LogP contribution in [0.15, 0.2) is 12.4 Å². The fraction of sp³-hybridized carbons (Fsp3) is 0.714. The van der Waals surface area contributed by atoms with Crippen LogP contribution in [0.3, 0.4) is 0 Å². The minimum absolute atomic E-state index is 0.264. The summed E-state index contributed by atoms with van der Waals surface area (Å²) in [6.45, 7) is 4.77. The second kappa shape index (κ2) is 6.70. The number of amides is 1. The second-order valence-electron chi connectivity index (χ2n) is 5.07. The largest absolute Gasteiger partial charge is 0.343 e. The molecular formula is C14H24N4O. The quantitative estimate of drug-likeness (QED) is 0.864. The first-order chi connectivity index (χ1) is 9.24. The summed E-state index contributed by atoms with van der Waals surface area (Å²) in [7, 11) is 1.99. The third-order valence-electron chi connectivity index (χ3n) is 3.96. The molecule has 1 N–H and O–H groups in total. The highest BCUT2D eigenvalue weighted by Gasteiger charge is 2.21. The van der Waals surface area contributed by atoms with E-state index in [0.717, 1.165) is 44.7 Å². The Bertz CT molecular complexity index is 407. The molecule has 1 aromatic heterocycles. The van der Waals surface area contributed by atoms with Crippen LogP contribution in [0.25, 0.3) is 0 Å². The molecule has 1 saturated heterocycles. The first-order valence-electron chi connectivity index (χ1n) is 7.19. The average molecular weight is 264 g/mol. The molecule has 0 spiro atoms. The van der Waals surface area contributed by atoms with E-state index >= 15 is 0 Å². The first-order valence-corrected chi connectivity index (χ1v) is 7.19. The Morgan fingerprint density at radius 2 is 2.21 bits per heavy atom. The van der Waals surface area contributed by atoms with Crippen molar-refractivity contribution in [2.45, 2.75) is 45.2 Å². The molecule has 0 saturated carbocycles. The SMILES string of the molecule is CCn1ccnc1CCC(=O)N1CCC(NC)CC1. The topological polar surface area (TPSA) is 50.2 Å². The molecule has 2 rings (SSSR count). The summed E-state index contributed by atoms with van der Waals surface area (Å²) >= 11 is 0. The van der Waals surface area contributed by atoms with Gasteiger partial charge in [0.1, 0.15) is 5.82 Å². The number of hydrogen-bond donors (Lipinski definition) is 1. The first kappa shape index (κ1) is 14.1. The van der Waals surface area contributed by atoms with Gasteiger partial charge < -0.3 is 14.8 Å². The number of piperidine rings is 1. The zero-order valence-electron chi connectivity index (χ0n) is 11.9. The molecular weight excluding hydrogens is 240 g/mol. The predicted molar refractivity (Wildman–Crippen MR) is 74.9 cm³/mol. The van der Waals surface area contributed by atoms with Gasteiger partial charge in [0.05, 0.1) is 0 Å². The third kappa shape index (κ3) is 3.56. The number of aromatic nitrogens is 2. The Morgan fingerprint density at radius 1 is 1.47 bits per heavy atom. The molecule has 1 aliphatic heterocycles. The molecule has 0 atom stereocenters. The van der Waals surface area contributed by atoms with Crippen LogP contribution in [0.1, 0.15) is 32.0 Å². The maximum Gasteiger partial charge on any atom is 0.223 e. The van der Waals surface area contributed by atoms with Crippen molar-refractivity contribution in [1.29, 1.82) is 0 Å². The van der Waals surface area contributed by atoms with E-state index in [1.165, 1.54) is 0 Å². The molecule has 1 aromatic rings. The Kier molecular flexibility index (Phi) is 4.96. The van der Waals surface area contributed by atoms with E-state index < -0.39 is 0 Å². The summed E-state index contributed by atoms with van der Waals surface area (Å²) in [6.07, 6.45) is 7.21. The number of rotatable bonds is 5. The van der Waals surface area contributed by atoms with E-state index in [-0.39, 0.29) is 5.91 Å². The van der Waals surface area contributed by atoms with Gasteiger partial charge in [-0.3, -0.25) is 4.79 Å². The molecule has 1 aliphatic rings. The normalized spacial score (nSPS) is 16.8. The van der Waals surface area contributed by atoms with Crippen molar-refractivity contribution >= 4 is 5.91 Å². The lowest BCUT2D eigenvalue weighted by atomic mass is 10.0. The Balaban J connectivity index is 1.79. The van der Waals surface area contributed by atoms with Crippen molar-refractivity contribution in [2.24, 2.45) is 0 Å². The summed E-state index contributed by atoms with van der Waals surface area (Å²) in [5.41, 5.74) is 0. The highest BCUT2D eigenvalue weighted by Crippen LogP contribution is 2.12. The summed E-state index contributed by atoms with van der Waals surface area (Å²) in [5.74, 6) is 1.28. The number of nitrogens with zero attached hydrogens (tertiary/aromatic N) is 3. The monoisotopic (exact) mass is 264 g/mol. The molecule has 5 heteroatoms. The lowest BCUT2D eigenvalue weighted by molar-refractivity contribution is -0.132. The zero-order valence-corrected chi connectivity index (χ0v) is 11.9. The maximum absolute atomic E-state index is 12.2. The van der Waals surface area contributed by atoms with E-state index in [1.54, 1.807) is 0 Å². The highest BCUT2D eigenvalue weighted by molar-refractivity contribution is 5.76. The van der Waals surface area contributed by atoms with Crippen LogP contribution in [0.4, 0.5) is 0 Å². The van der Waals surface area contributed by atoms with Gasteiger partial charge in [-0.15, -0.1) is 0 Å². The smallest absolute Gasteiger partial charge is 0.223 e. The van der Waals surface area contributed by atoms with Crippen LogP contribution < -0.4 is 5.32 Å². The average Bonchev–Trinajstić information content (AvgIpc) is 2.92. The van der Waals surface area contributed by atoms with E-state index in [1.807, 2.05) is 24.3 Å². The molecule has 5 nitrogen and oxygen atoms in total. The van der Waals surface area contributed by atoms with Crippen molar-refractivity contribution in [3.8, 4) is 0 Å². The van der Waals surface area contributed by atoms with Gasteiger partial charge in [-0.1, -0.05) is 0 Å². The maximum atomic E-state index is 12.2. The summed E-state index contributed by atoms with van der Waals surface area (Å²) < 4.78 is 2.10. The number of likely N-dealkylation sites (tertiary alicyclic amines) is 1. The van der Waals surface area contributed by atoms with E-state index in [2.05, 4.69) is 21.8 Å². The highest BCUT2D eigenvalue weighted by atomic mass is 16.2. The number of imidazole rings is 1. The van der Waals surface area contributed by atoms with Gasteiger partial charge in [-0.25, -0.2) is 4.98 Å². The number of aryl methyl sites for hydroxylation is 2. The van der Waals surface area contributed by atoms with Crippen LogP contribution in [-0.2, 0) is 17.8 Å². The van der Waals surface area contributed by atoms with Crippen LogP contribution in [0, 0.1) is 0 Å². The minimum atomic E-state index is 0.264. The van der Waals surface area contributed by atoms with E-state index in [0.29, 0.717) is 12.5 Å². The predicted octanol–water partition coefficient (Wildman–Crippen LogP) is 1.05. The lowest BCUT2D eigenvalue weighted by Crippen LogP contribution is -2.44. The van der Waals surface area contributed by atoms with Gasteiger partial charge in [0.15, 0.2) is 0 Å². The van der Waals surface area contributed by atoms with Crippen molar-refractivity contribution in [3.63, 3.8) is 0 Å². The Labute approximate surface area is 115 Å². The van der Waals surface area contributed by atoms with Gasteiger partial charge in [0, 0.05) is 50.9 Å². The fourth-order valence-electron chi connectivity index (χ4n) is 2.65. The van der Waals surface area contributed by atoms with Gasteiger partial charge in [-0.05, 0) is 26.8 Å². The summed E-state index contributed by atoms with van der Waals surface area (Å²) in [5, 5.41) is 3.28. The van der Waals surface area contributed by atoms with Crippen LogP contribution in [0.5, 0.6) is 0 Å². The molecule has 0 radical (unpaired) electrons. The molecule has 0 aliphatic carbocycles. The molecule has 106 valence electrons. The van der Waals surface area contributed by atoms with Crippen LogP contribution in [0.2, 0.25) is 0 Å². The Morgan fingerprint density at radius 3 is 2.84 bits per heavy atom. The second-order valence-corrected chi connectivity index (χ2v) is 5.07. The third-order valence-corrected chi connectivity index (χ3v) is 3.96. The van der Waals surface area contributed by atoms with Crippen molar-refractivity contribution in [1.82, 2.24) is 19.8 Å². The summed E-state index contributed by atoms with van der Waals surface area (Å²) in [6, 6.07) is 0.572. The lowest BCUT2D eigenvalue weighted by Gasteiger charge is -2.31. The number of nitrogens with one attached hydrogen (secondary N) is 1. The molecule has 1 fully saturated rings. The van der Waals surface area contributed by atoms with Gasteiger partial charge in [0.2, 0.25) is 5.91 Å².